The predicted octanol–water partition coefficient (Wildman–Crippen LogP) is -0.655. The Morgan fingerprint density at radius 3 is 2.54 bits per heavy atom. The third kappa shape index (κ3) is 5.84. The van der Waals surface area contributed by atoms with Crippen molar-refractivity contribution >= 4 is 33.8 Å². The quantitative estimate of drug-likeness (QED) is 0.204. The summed E-state index contributed by atoms with van der Waals surface area (Å²) in [6, 6.07) is 6.23. The summed E-state index contributed by atoms with van der Waals surface area (Å²) in [6.07, 6.45) is -1.22. The number of nitrogens with zero attached hydrogens (tertiary/aromatic N) is 5. The number of aliphatic hydroxyl groups is 3. The molecule has 8 N–H and O–H groups in total. The van der Waals surface area contributed by atoms with E-state index in [1.165, 1.54) is 16.2 Å². The Hall–Kier alpha value is -3.03. The van der Waals surface area contributed by atoms with E-state index in [9.17, 15) is 25.4 Å². The van der Waals surface area contributed by atoms with Crippen molar-refractivity contribution in [1.29, 1.82) is 5.26 Å². The van der Waals surface area contributed by atoms with Gasteiger partial charge in [-0.15, -0.1) is 11.3 Å². The zero-order valence-corrected chi connectivity index (χ0v) is 24.3. The molecule has 0 bridgehead atoms. The number of nitrogen functional groups attached to an aromatic ring is 1. The van der Waals surface area contributed by atoms with Gasteiger partial charge in [-0.05, 0) is 39.3 Å². The van der Waals surface area contributed by atoms with E-state index in [4.69, 9.17) is 10.7 Å². The highest BCUT2D eigenvalue weighted by Crippen LogP contribution is 2.46. The summed E-state index contributed by atoms with van der Waals surface area (Å²) < 4.78 is 0. The van der Waals surface area contributed by atoms with Gasteiger partial charge in [-0.25, -0.2) is 9.88 Å². The average molecular weight is 586 g/mol. The van der Waals surface area contributed by atoms with Crippen molar-refractivity contribution in [2.24, 2.45) is 0 Å². The SMILES string of the molecule is CNC(NC(=O)C1(C)CCCc2sc(N)c(C#N)c21)c1cc(N2CCNCC2)cc(N2CCN(C(O)(O)O)CC2)n1. The number of pyridine rings is 1. The Morgan fingerprint density at radius 1 is 1.20 bits per heavy atom. The second-order valence-corrected chi connectivity index (χ2v) is 12.2. The number of nitrogens with one attached hydrogen (secondary N) is 3. The van der Waals surface area contributed by atoms with Gasteiger partial charge >= 0.3 is 6.10 Å². The molecule has 2 atom stereocenters. The Balaban J connectivity index is 1.44. The monoisotopic (exact) mass is 585 g/mol. The molecule has 13 nitrogen and oxygen atoms in total. The summed E-state index contributed by atoms with van der Waals surface area (Å²) in [5.41, 5.74) is 8.03. The van der Waals surface area contributed by atoms with Gasteiger partial charge in [0.05, 0.1) is 16.7 Å². The van der Waals surface area contributed by atoms with Crippen LogP contribution in [0.2, 0.25) is 0 Å². The van der Waals surface area contributed by atoms with Crippen LogP contribution in [-0.4, -0.2) is 96.6 Å². The smallest absolute Gasteiger partial charge is 0.345 e. The number of aromatic nitrogens is 1. The van der Waals surface area contributed by atoms with Crippen LogP contribution in [0.5, 0.6) is 0 Å². The van der Waals surface area contributed by atoms with Crippen LogP contribution in [0.3, 0.4) is 0 Å². The van der Waals surface area contributed by atoms with Gasteiger partial charge in [0.2, 0.25) is 5.91 Å². The Labute approximate surface area is 243 Å². The standard InChI is InChI=1S/C27H39N9O4S/c1-26(5-3-4-20-22(26)18(16-28)23(29)41-20)25(37)33-24(30-2)19-14-17(34-8-6-31-7-9-34)15-21(32-19)35-10-12-36(13-11-35)27(38,39)40/h14-15,24,30-31,38-40H,3-13,29H2,1-2H3,(H,33,37). The number of carbonyl (C=O) groups excluding carboxylic acids is 1. The maximum atomic E-state index is 14.0. The summed E-state index contributed by atoms with van der Waals surface area (Å²) >= 11 is 1.40. The van der Waals surface area contributed by atoms with E-state index in [-0.39, 0.29) is 19.0 Å². The predicted molar refractivity (Wildman–Crippen MR) is 156 cm³/mol. The van der Waals surface area contributed by atoms with Gasteiger partial charge in [0.1, 0.15) is 23.1 Å². The van der Waals surface area contributed by atoms with Gasteiger partial charge in [-0.3, -0.25) is 10.1 Å². The molecule has 1 aliphatic carbocycles. The third-order valence-electron chi connectivity index (χ3n) is 8.44. The Kier molecular flexibility index (Phi) is 8.40. The van der Waals surface area contributed by atoms with Crippen molar-refractivity contribution in [2.75, 3.05) is 74.9 Å². The summed E-state index contributed by atoms with van der Waals surface area (Å²) in [4.78, 5) is 25.4. The van der Waals surface area contributed by atoms with Crippen LogP contribution in [0, 0.1) is 11.3 Å². The van der Waals surface area contributed by atoms with Gasteiger partial charge < -0.3 is 41.5 Å². The van der Waals surface area contributed by atoms with Gasteiger partial charge in [0, 0.05) is 74.6 Å². The fourth-order valence-corrected chi connectivity index (χ4v) is 7.27. The highest BCUT2D eigenvalue weighted by molar-refractivity contribution is 7.16. The molecule has 2 unspecified atom stereocenters. The lowest BCUT2D eigenvalue weighted by atomic mass is 9.72. The van der Waals surface area contributed by atoms with Crippen LogP contribution in [-0.2, 0) is 16.6 Å². The third-order valence-corrected chi connectivity index (χ3v) is 9.52. The van der Waals surface area contributed by atoms with Crippen LogP contribution in [0.15, 0.2) is 12.1 Å². The van der Waals surface area contributed by atoms with Crippen molar-refractivity contribution < 1.29 is 20.1 Å². The van der Waals surface area contributed by atoms with Crippen LogP contribution < -0.4 is 31.5 Å². The molecule has 5 rings (SSSR count). The van der Waals surface area contributed by atoms with E-state index in [1.54, 1.807) is 7.05 Å². The van der Waals surface area contributed by atoms with Crippen LogP contribution in [0.4, 0.5) is 16.5 Å². The minimum Gasteiger partial charge on any atom is -0.389 e. The van der Waals surface area contributed by atoms with E-state index in [0.717, 1.165) is 55.1 Å². The van der Waals surface area contributed by atoms with Crippen molar-refractivity contribution in [3.8, 4) is 6.07 Å². The highest BCUT2D eigenvalue weighted by Gasteiger charge is 2.43. The average Bonchev–Trinajstić information content (AvgIpc) is 3.31. The number of amides is 1. The molecule has 3 aliphatic rings. The number of hydrogen-bond donors (Lipinski definition) is 7. The Bertz CT molecular complexity index is 1310. The van der Waals surface area contributed by atoms with E-state index in [1.807, 2.05) is 24.0 Å². The zero-order chi connectivity index (χ0) is 29.4. The van der Waals surface area contributed by atoms with Crippen molar-refractivity contribution in [1.82, 2.24) is 25.8 Å². The topological polar surface area (TPSA) is 186 Å². The van der Waals surface area contributed by atoms with E-state index >= 15 is 0 Å². The molecule has 2 aliphatic heterocycles. The fraction of sp³-hybridized carbons (Fsp3) is 0.593. The molecular formula is C27H39N9O4S. The highest BCUT2D eigenvalue weighted by atomic mass is 32.1. The minimum atomic E-state index is -2.86. The number of nitrogens with two attached hydrogens (primary N) is 1. The number of hydrogen-bond acceptors (Lipinski definition) is 13. The number of aryl methyl sites for hydroxylation is 1. The number of piperazine rings is 2. The molecule has 0 saturated carbocycles. The summed E-state index contributed by atoms with van der Waals surface area (Å²) in [5, 5.41) is 48.8. The van der Waals surface area contributed by atoms with Crippen molar-refractivity contribution in [3.05, 3.63) is 33.8 Å². The lowest BCUT2D eigenvalue weighted by Crippen LogP contribution is -2.57. The second kappa shape index (κ2) is 11.7. The van der Waals surface area contributed by atoms with Crippen LogP contribution >= 0.6 is 11.3 Å². The molecule has 2 fully saturated rings. The van der Waals surface area contributed by atoms with Gasteiger partial charge in [0.25, 0.3) is 0 Å². The van der Waals surface area contributed by atoms with E-state index in [0.29, 0.717) is 41.6 Å². The van der Waals surface area contributed by atoms with Gasteiger partial charge in [-0.1, -0.05) is 0 Å². The molecular weight excluding hydrogens is 546 g/mol. The first kappa shape index (κ1) is 29.5. The summed E-state index contributed by atoms with van der Waals surface area (Å²) in [6.45, 7) is 6.57. The Morgan fingerprint density at radius 2 is 1.90 bits per heavy atom. The lowest BCUT2D eigenvalue weighted by molar-refractivity contribution is -0.393. The molecule has 0 spiro atoms. The largest absolute Gasteiger partial charge is 0.389 e. The maximum Gasteiger partial charge on any atom is 0.345 e. The van der Waals surface area contributed by atoms with Gasteiger partial charge in [0.15, 0.2) is 0 Å². The van der Waals surface area contributed by atoms with Crippen LogP contribution in [0.25, 0.3) is 0 Å². The van der Waals surface area contributed by atoms with Crippen molar-refractivity contribution in [2.45, 2.75) is 43.9 Å². The molecule has 0 aromatic carbocycles. The van der Waals surface area contributed by atoms with E-state index < -0.39 is 17.7 Å². The molecule has 2 aromatic rings. The maximum absolute atomic E-state index is 14.0. The molecule has 2 aromatic heterocycles. The number of anilines is 3. The first-order valence-corrected chi connectivity index (χ1v) is 14.8. The molecule has 4 heterocycles. The second-order valence-electron chi connectivity index (χ2n) is 11.1. The number of nitriles is 1. The minimum absolute atomic E-state index is 0.193. The van der Waals surface area contributed by atoms with Gasteiger partial charge in [-0.2, -0.15) is 5.26 Å². The first-order valence-electron chi connectivity index (χ1n) is 14.0. The molecule has 1 amide bonds. The lowest BCUT2D eigenvalue weighted by Gasteiger charge is -2.39. The molecule has 222 valence electrons. The normalized spacial score (nSPS) is 22.6. The molecule has 2 saturated heterocycles. The van der Waals surface area contributed by atoms with E-state index in [2.05, 4.69) is 26.9 Å². The molecule has 41 heavy (non-hydrogen) atoms. The zero-order valence-electron chi connectivity index (χ0n) is 23.5. The van der Waals surface area contributed by atoms with Crippen molar-refractivity contribution in [3.63, 3.8) is 0 Å². The fourth-order valence-electron chi connectivity index (χ4n) is 6.08. The van der Waals surface area contributed by atoms with Crippen LogP contribution in [0.1, 0.15) is 47.6 Å². The number of thiophene rings is 1. The number of rotatable bonds is 7. The number of carbonyl (C=O) groups is 1. The summed E-state index contributed by atoms with van der Waals surface area (Å²) in [7, 11) is 1.77. The molecule has 0 radical (unpaired) electrons. The number of fused-ring (bicyclic) bond motifs is 1. The first-order chi connectivity index (χ1) is 19.5. The molecule has 14 heteroatoms. The summed E-state index contributed by atoms with van der Waals surface area (Å²) in [5.74, 6) is 0.509.